The van der Waals surface area contributed by atoms with Gasteiger partial charge >= 0.3 is 5.97 Å². The molecule has 0 saturated carbocycles. The molecule has 0 bridgehead atoms. The Morgan fingerprint density at radius 3 is 1.89 bits per heavy atom. The van der Waals surface area contributed by atoms with Crippen LogP contribution in [0.1, 0.15) is 27.1 Å². The van der Waals surface area contributed by atoms with Crippen LogP contribution in [-0.4, -0.2) is 43.3 Å². The van der Waals surface area contributed by atoms with Gasteiger partial charge < -0.3 is 15.4 Å². The van der Waals surface area contributed by atoms with Crippen LogP contribution in [0, 0.1) is 0 Å². The van der Waals surface area contributed by atoms with Gasteiger partial charge in [0.1, 0.15) is 6.04 Å². The zero-order valence-electron chi connectivity index (χ0n) is 14.8. The standard InChI is InChI=1S/C20H20N2O5/c1-27-20(26)17(22-19(25)15-10-6-3-7-11-15)12-16(23)13-21-18(24)14-8-4-2-5-9-14/h2-11,17H,12-13H2,1H3,(H,21,24)(H,22,25)/t17-/m0/s1. The highest BCUT2D eigenvalue weighted by Crippen LogP contribution is 2.03. The van der Waals surface area contributed by atoms with E-state index in [-0.39, 0.29) is 13.0 Å². The van der Waals surface area contributed by atoms with Crippen LogP contribution in [0.5, 0.6) is 0 Å². The number of carbonyl (C=O) groups excluding carboxylic acids is 4. The molecule has 2 aromatic carbocycles. The van der Waals surface area contributed by atoms with Crippen LogP contribution in [0.4, 0.5) is 0 Å². The van der Waals surface area contributed by atoms with Crippen molar-refractivity contribution in [2.75, 3.05) is 13.7 Å². The first kappa shape index (κ1) is 19.8. The van der Waals surface area contributed by atoms with Crippen molar-refractivity contribution in [2.45, 2.75) is 12.5 Å². The predicted molar refractivity (Wildman–Crippen MR) is 98.1 cm³/mol. The van der Waals surface area contributed by atoms with Gasteiger partial charge in [-0.2, -0.15) is 0 Å². The third-order valence-corrected chi connectivity index (χ3v) is 3.74. The Labute approximate surface area is 156 Å². The molecule has 7 nitrogen and oxygen atoms in total. The van der Waals surface area contributed by atoms with Gasteiger partial charge in [0.2, 0.25) is 0 Å². The largest absolute Gasteiger partial charge is 0.467 e. The SMILES string of the molecule is COC(=O)[C@H](CC(=O)CNC(=O)c1ccccc1)NC(=O)c1ccccc1. The molecule has 0 fully saturated rings. The average Bonchev–Trinajstić information content (AvgIpc) is 2.72. The van der Waals surface area contributed by atoms with Gasteiger partial charge in [-0.05, 0) is 24.3 Å². The molecule has 2 N–H and O–H groups in total. The van der Waals surface area contributed by atoms with Crippen molar-refractivity contribution in [2.24, 2.45) is 0 Å². The minimum Gasteiger partial charge on any atom is -0.467 e. The van der Waals surface area contributed by atoms with E-state index in [4.69, 9.17) is 0 Å². The molecule has 0 radical (unpaired) electrons. The Morgan fingerprint density at radius 2 is 1.37 bits per heavy atom. The normalized spacial score (nSPS) is 11.1. The Morgan fingerprint density at radius 1 is 0.852 bits per heavy atom. The minimum absolute atomic E-state index is 0.261. The van der Waals surface area contributed by atoms with Crippen molar-refractivity contribution in [1.82, 2.24) is 10.6 Å². The molecule has 1 atom stereocenters. The number of amides is 2. The molecule has 0 saturated heterocycles. The smallest absolute Gasteiger partial charge is 0.328 e. The first-order valence-corrected chi connectivity index (χ1v) is 8.30. The fourth-order valence-electron chi connectivity index (χ4n) is 2.34. The van der Waals surface area contributed by atoms with E-state index in [0.29, 0.717) is 11.1 Å². The lowest BCUT2D eigenvalue weighted by atomic mass is 10.1. The number of esters is 1. The lowest BCUT2D eigenvalue weighted by Gasteiger charge is -2.16. The van der Waals surface area contributed by atoms with Crippen molar-refractivity contribution >= 4 is 23.6 Å². The summed E-state index contributed by atoms with van der Waals surface area (Å²) in [7, 11) is 1.17. The summed E-state index contributed by atoms with van der Waals surface area (Å²) in [4.78, 5) is 48.2. The summed E-state index contributed by atoms with van der Waals surface area (Å²) in [6, 6.07) is 15.6. The van der Waals surface area contributed by atoms with Gasteiger partial charge in [0.05, 0.1) is 13.7 Å². The van der Waals surface area contributed by atoms with Gasteiger partial charge in [-0.3, -0.25) is 14.4 Å². The molecule has 0 aliphatic rings. The molecular weight excluding hydrogens is 348 g/mol. The van der Waals surface area contributed by atoms with Gasteiger partial charge in [0.25, 0.3) is 11.8 Å². The molecule has 2 aromatic rings. The fraction of sp³-hybridized carbons (Fsp3) is 0.200. The number of rotatable bonds is 8. The highest BCUT2D eigenvalue weighted by Gasteiger charge is 2.25. The Balaban J connectivity index is 1.93. The van der Waals surface area contributed by atoms with Crippen LogP contribution < -0.4 is 10.6 Å². The number of ether oxygens (including phenoxy) is 1. The highest BCUT2D eigenvalue weighted by atomic mass is 16.5. The van der Waals surface area contributed by atoms with E-state index in [1.165, 1.54) is 7.11 Å². The summed E-state index contributed by atoms with van der Waals surface area (Å²) in [6.45, 7) is -0.261. The van der Waals surface area contributed by atoms with E-state index in [1.807, 2.05) is 0 Å². The molecular formula is C20H20N2O5. The van der Waals surface area contributed by atoms with Crippen LogP contribution >= 0.6 is 0 Å². The zero-order valence-corrected chi connectivity index (χ0v) is 14.8. The van der Waals surface area contributed by atoms with Crippen molar-refractivity contribution in [3.05, 3.63) is 71.8 Å². The molecule has 2 amide bonds. The van der Waals surface area contributed by atoms with Gasteiger partial charge in [0.15, 0.2) is 5.78 Å². The number of benzene rings is 2. The Hall–Kier alpha value is -3.48. The molecule has 7 heteroatoms. The molecule has 140 valence electrons. The van der Waals surface area contributed by atoms with Crippen LogP contribution in [0.2, 0.25) is 0 Å². The predicted octanol–water partition coefficient (Wildman–Crippen LogP) is 1.35. The molecule has 0 aliphatic heterocycles. The van der Waals surface area contributed by atoms with Crippen LogP contribution in [0.25, 0.3) is 0 Å². The maximum atomic E-state index is 12.2. The number of Topliss-reactive ketones (excluding diaryl/α,β-unsaturated/α-hetero) is 1. The molecule has 0 spiro atoms. The molecule has 0 heterocycles. The first-order valence-electron chi connectivity index (χ1n) is 8.30. The van der Waals surface area contributed by atoms with Crippen LogP contribution in [0.15, 0.2) is 60.7 Å². The average molecular weight is 368 g/mol. The number of hydrogen-bond acceptors (Lipinski definition) is 5. The maximum absolute atomic E-state index is 12.2. The van der Waals surface area contributed by atoms with E-state index < -0.39 is 29.6 Å². The summed E-state index contributed by atoms with van der Waals surface area (Å²) < 4.78 is 4.65. The Bertz CT molecular complexity index is 806. The number of carbonyl (C=O) groups is 4. The number of nitrogens with one attached hydrogen (secondary N) is 2. The third-order valence-electron chi connectivity index (χ3n) is 3.74. The lowest BCUT2D eigenvalue weighted by Crippen LogP contribution is -2.44. The number of hydrogen-bond donors (Lipinski definition) is 2. The summed E-state index contributed by atoms with van der Waals surface area (Å²) >= 11 is 0. The molecule has 27 heavy (non-hydrogen) atoms. The lowest BCUT2D eigenvalue weighted by molar-refractivity contribution is -0.144. The molecule has 0 aliphatic carbocycles. The number of methoxy groups -OCH3 is 1. The van der Waals surface area contributed by atoms with E-state index in [9.17, 15) is 19.2 Å². The van der Waals surface area contributed by atoms with E-state index in [1.54, 1.807) is 60.7 Å². The summed E-state index contributed by atoms with van der Waals surface area (Å²) in [5.74, 6) is -2.04. The van der Waals surface area contributed by atoms with Crippen molar-refractivity contribution in [3.8, 4) is 0 Å². The monoisotopic (exact) mass is 368 g/mol. The molecule has 0 unspecified atom stereocenters. The van der Waals surface area contributed by atoms with Gasteiger partial charge in [-0.1, -0.05) is 36.4 Å². The topological polar surface area (TPSA) is 102 Å². The first-order chi connectivity index (χ1) is 13.0. The van der Waals surface area contributed by atoms with Crippen LogP contribution in [0.3, 0.4) is 0 Å². The summed E-state index contributed by atoms with van der Waals surface area (Å²) in [5, 5.41) is 4.98. The summed E-state index contributed by atoms with van der Waals surface area (Å²) in [5.41, 5.74) is 0.781. The minimum atomic E-state index is -1.14. The third kappa shape index (κ3) is 6.07. The molecule has 0 aromatic heterocycles. The van der Waals surface area contributed by atoms with Crippen LogP contribution in [-0.2, 0) is 14.3 Å². The fourth-order valence-corrected chi connectivity index (χ4v) is 2.34. The van der Waals surface area contributed by atoms with Gasteiger partial charge in [-0.15, -0.1) is 0 Å². The second kappa shape index (κ2) is 9.86. The van der Waals surface area contributed by atoms with Gasteiger partial charge in [0, 0.05) is 17.5 Å². The maximum Gasteiger partial charge on any atom is 0.328 e. The number of ketones is 1. The van der Waals surface area contributed by atoms with Crippen molar-refractivity contribution in [1.29, 1.82) is 0 Å². The zero-order chi connectivity index (χ0) is 19.6. The van der Waals surface area contributed by atoms with Crippen molar-refractivity contribution in [3.63, 3.8) is 0 Å². The summed E-state index contributed by atoms with van der Waals surface area (Å²) in [6.07, 6.45) is -0.291. The van der Waals surface area contributed by atoms with E-state index in [0.717, 1.165) is 0 Å². The second-order valence-electron chi connectivity index (χ2n) is 5.71. The second-order valence-corrected chi connectivity index (χ2v) is 5.71. The van der Waals surface area contributed by atoms with Crippen molar-refractivity contribution < 1.29 is 23.9 Å². The van der Waals surface area contributed by atoms with E-state index in [2.05, 4.69) is 15.4 Å². The van der Waals surface area contributed by atoms with E-state index >= 15 is 0 Å². The quantitative estimate of drug-likeness (QED) is 0.685. The molecule has 2 rings (SSSR count). The Kier molecular flexibility index (Phi) is 7.25. The highest BCUT2D eigenvalue weighted by molar-refractivity contribution is 5.99. The van der Waals surface area contributed by atoms with Gasteiger partial charge in [-0.25, -0.2) is 4.79 Å².